The van der Waals surface area contributed by atoms with Gasteiger partial charge < -0.3 is 10.7 Å². The third kappa shape index (κ3) is 3.20. The van der Waals surface area contributed by atoms with Gasteiger partial charge in [0.1, 0.15) is 5.56 Å². The van der Waals surface area contributed by atoms with Crippen LogP contribution in [0.2, 0.25) is 0 Å². The van der Waals surface area contributed by atoms with Crippen LogP contribution in [-0.4, -0.2) is 10.9 Å². The van der Waals surface area contributed by atoms with Gasteiger partial charge in [-0.1, -0.05) is 31.2 Å². The highest BCUT2D eigenvalue weighted by Crippen LogP contribution is 2.22. The predicted molar refractivity (Wildman–Crippen MR) is 72.6 cm³/mol. The van der Waals surface area contributed by atoms with Crippen LogP contribution < -0.4 is 11.3 Å². The van der Waals surface area contributed by atoms with E-state index in [1.165, 1.54) is 6.20 Å². The number of nitrogens with two attached hydrogens (primary N) is 1. The van der Waals surface area contributed by atoms with Crippen molar-refractivity contribution in [3.05, 3.63) is 58.0 Å². The summed E-state index contributed by atoms with van der Waals surface area (Å²) in [7, 11) is 0. The molecule has 96 valence electrons. The quantitative estimate of drug-likeness (QED) is 0.780. The molecule has 3 N–H and O–H groups in total. The highest BCUT2D eigenvalue weighted by molar-refractivity contribution is 5.94. The summed E-state index contributed by atoms with van der Waals surface area (Å²) < 4.78 is 0. The largest absolute Gasteiger partial charge is 0.365 e. The molecular formula is C14H18N2O2. The van der Waals surface area contributed by atoms with Crippen molar-refractivity contribution in [3.63, 3.8) is 0 Å². The van der Waals surface area contributed by atoms with Gasteiger partial charge >= 0.3 is 0 Å². The van der Waals surface area contributed by atoms with E-state index in [-0.39, 0.29) is 11.5 Å². The summed E-state index contributed by atoms with van der Waals surface area (Å²) in [5.74, 6) is -0.685. The Labute approximate surface area is 106 Å². The number of pyridine rings is 1. The summed E-state index contributed by atoms with van der Waals surface area (Å²) in [5, 5.41) is 0. The number of aromatic nitrogens is 1. The van der Waals surface area contributed by atoms with Crippen molar-refractivity contribution in [2.75, 3.05) is 0 Å². The number of nitrogens with one attached hydrogen (secondary N) is 1. The zero-order chi connectivity index (χ0) is 13.5. The molecule has 1 rings (SSSR count). The van der Waals surface area contributed by atoms with Gasteiger partial charge in [0.2, 0.25) is 0 Å². The predicted octanol–water partition coefficient (Wildman–Crippen LogP) is 2.10. The van der Waals surface area contributed by atoms with Gasteiger partial charge in [-0.15, -0.1) is 0 Å². The van der Waals surface area contributed by atoms with Gasteiger partial charge in [-0.3, -0.25) is 9.59 Å². The summed E-state index contributed by atoms with van der Waals surface area (Å²) in [6, 6.07) is 1.73. The molecule has 1 unspecified atom stereocenters. The van der Waals surface area contributed by atoms with Gasteiger partial charge in [-0.25, -0.2) is 0 Å². The fraction of sp³-hybridized carbons (Fsp3) is 0.286. The third-order valence-corrected chi connectivity index (χ3v) is 2.73. The van der Waals surface area contributed by atoms with Gasteiger partial charge in [0.05, 0.1) is 0 Å². The van der Waals surface area contributed by atoms with E-state index in [0.717, 1.165) is 6.42 Å². The van der Waals surface area contributed by atoms with Crippen LogP contribution in [0.3, 0.4) is 0 Å². The highest BCUT2D eigenvalue weighted by Gasteiger charge is 2.17. The molecule has 0 radical (unpaired) electrons. The average Bonchev–Trinajstić information content (AvgIpc) is 2.34. The number of carbonyl (C=O) groups is 1. The van der Waals surface area contributed by atoms with Crippen LogP contribution in [0.1, 0.15) is 42.1 Å². The minimum absolute atomic E-state index is 0.00556. The lowest BCUT2D eigenvalue weighted by Crippen LogP contribution is -2.26. The van der Waals surface area contributed by atoms with E-state index in [9.17, 15) is 9.59 Å². The average molecular weight is 246 g/mol. The number of hydrogen-bond donors (Lipinski definition) is 2. The molecule has 0 aliphatic heterocycles. The molecule has 1 heterocycles. The first-order valence-electron chi connectivity index (χ1n) is 5.92. The smallest absolute Gasteiger partial charge is 0.261 e. The normalized spacial score (nSPS) is 13.2. The van der Waals surface area contributed by atoms with Crippen molar-refractivity contribution >= 4 is 5.91 Å². The van der Waals surface area contributed by atoms with Crippen molar-refractivity contribution < 1.29 is 4.79 Å². The first kappa shape index (κ1) is 14.0. The van der Waals surface area contributed by atoms with E-state index < -0.39 is 11.5 Å². The summed E-state index contributed by atoms with van der Waals surface area (Å²) in [4.78, 5) is 25.5. The van der Waals surface area contributed by atoms with E-state index in [1.807, 2.05) is 38.2 Å². The summed E-state index contributed by atoms with van der Waals surface area (Å²) >= 11 is 0. The molecule has 4 heteroatoms. The summed E-state index contributed by atoms with van der Waals surface area (Å²) in [6.07, 6.45) is 10.0. The Hall–Kier alpha value is -2.10. The van der Waals surface area contributed by atoms with Gasteiger partial charge in [0.15, 0.2) is 0 Å². The summed E-state index contributed by atoms with van der Waals surface area (Å²) in [5.41, 5.74) is 5.56. The zero-order valence-corrected chi connectivity index (χ0v) is 10.6. The molecule has 1 amide bonds. The Kier molecular flexibility index (Phi) is 5.11. The minimum atomic E-state index is -0.690. The molecule has 18 heavy (non-hydrogen) atoms. The monoisotopic (exact) mass is 246 g/mol. The van der Waals surface area contributed by atoms with Crippen LogP contribution in [-0.2, 0) is 0 Å². The van der Waals surface area contributed by atoms with Crippen LogP contribution in [0.15, 0.2) is 41.4 Å². The number of primary amides is 1. The molecule has 0 aliphatic rings. The Bertz CT molecular complexity index is 527. The van der Waals surface area contributed by atoms with E-state index in [0.29, 0.717) is 5.56 Å². The molecule has 1 aromatic rings. The van der Waals surface area contributed by atoms with Crippen molar-refractivity contribution in [2.24, 2.45) is 5.73 Å². The second-order valence-electron chi connectivity index (χ2n) is 3.93. The van der Waals surface area contributed by atoms with Crippen LogP contribution in [0.5, 0.6) is 0 Å². The van der Waals surface area contributed by atoms with Crippen molar-refractivity contribution in [3.8, 4) is 0 Å². The van der Waals surface area contributed by atoms with Crippen LogP contribution in [0.25, 0.3) is 0 Å². The Morgan fingerprint density at radius 1 is 1.50 bits per heavy atom. The highest BCUT2D eigenvalue weighted by atomic mass is 16.2. The number of hydrogen-bond acceptors (Lipinski definition) is 2. The molecule has 0 spiro atoms. The SMILES string of the molecule is C/C=C/C=C/C(CC)c1cc[nH]c(=O)c1C(N)=O. The van der Waals surface area contributed by atoms with Crippen LogP contribution in [0, 0.1) is 0 Å². The second kappa shape index (κ2) is 6.59. The maximum Gasteiger partial charge on any atom is 0.261 e. The number of allylic oxidation sites excluding steroid dienone is 4. The third-order valence-electron chi connectivity index (χ3n) is 2.73. The Morgan fingerprint density at radius 3 is 2.78 bits per heavy atom. The van der Waals surface area contributed by atoms with E-state index in [1.54, 1.807) is 6.07 Å². The number of carbonyl (C=O) groups excluding carboxylic acids is 1. The number of H-pyrrole nitrogens is 1. The lowest BCUT2D eigenvalue weighted by molar-refractivity contribution is 0.0997. The number of amides is 1. The lowest BCUT2D eigenvalue weighted by atomic mass is 9.92. The standard InChI is InChI=1S/C14H18N2O2/c1-3-5-6-7-10(4-2)11-8-9-16-14(18)12(11)13(15)17/h3,5-10H,4H2,1-2H3,(H2,15,17)(H,16,18)/b5-3+,7-6+. The van der Waals surface area contributed by atoms with E-state index in [2.05, 4.69) is 4.98 Å². The Balaban J connectivity index is 3.25. The zero-order valence-electron chi connectivity index (χ0n) is 10.6. The molecule has 0 saturated heterocycles. The maximum atomic E-state index is 11.6. The van der Waals surface area contributed by atoms with Gasteiger partial charge in [-0.05, 0) is 25.0 Å². The van der Waals surface area contributed by atoms with E-state index >= 15 is 0 Å². The first-order valence-corrected chi connectivity index (χ1v) is 5.92. The molecule has 0 fully saturated rings. The van der Waals surface area contributed by atoms with Gasteiger partial charge in [-0.2, -0.15) is 0 Å². The lowest BCUT2D eigenvalue weighted by Gasteiger charge is -2.12. The van der Waals surface area contributed by atoms with Crippen molar-refractivity contribution in [2.45, 2.75) is 26.2 Å². The molecule has 0 bridgehead atoms. The van der Waals surface area contributed by atoms with E-state index in [4.69, 9.17) is 5.73 Å². The molecule has 0 aliphatic carbocycles. The fourth-order valence-electron chi connectivity index (χ4n) is 1.83. The molecule has 1 atom stereocenters. The second-order valence-corrected chi connectivity index (χ2v) is 3.93. The van der Waals surface area contributed by atoms with Crippen molar-refractivity contribution in [1.29, 1.82) is 0 Å². The molecule has 0 saturated carbocycles. The fourth-order valence-corrected chi connectivity index (χ4v) is 1.83. The first-order chi connectivity index (χ1) is 8.61. The Morgan fingerprint density at radius 2 is 2.22 bits per heavy atom. The molecule has 0 aromatic carbocycles. The maximum absolute atomic E-state index is 11.6. The van der Waals surface area contributed by atoms with Gasteiger partial charge in [0.25, 0.3) is 11.5 Å². The number of aromatic amines is 1. The molecular weight excluding hydrogens is 228 g/mol. The molecule has 4 nitrogen and oxygen atoms in total. The van der Waals surface area contributed by atoms with Crippen LogP contribution >= 0.6 is 0 Å². The minimum Gasteiger partial charge on any atom is -0.365 e. The van der Waals surface area contributed by atoms with Crippen LogP contribution in [0.4, 0.5) is 0 Å². The number of rotatable bonds is 5. The molecule has 1 aromatic heterocycles. The topological polar surface area (TPSA) is 75.9 Å². The summed E-state index contributed by atoms with van der Waals surface area (Å²) in [6.45, 7) is 3.92. The van der Waals surface area contributed by atoms with Gasteiger partial charge in [0, 0.05) is 12.1 Å². The van der Waals surface area contributed by atoms with Crippen molar-refractivity contribution in [1.82, 2.24) is 4.98 Å².